The molecule has 0 bridgehead atoms. The van der Waals surface area contributed by atoms with Gasteiger partial charge in [0.2, 0.25) is 0 Å². The number of likely N-dealkylation sites (tertiary alicyclic amines) is 2. The van der Waals surface area contributed by atoms with E-state index in [9.17, 15) is 9.59 Å². The van der Waals surface area contributed by atoms with Crippen LogP contribution in [0.2, 0.25) is 0 Å². The van der Waals surface area contributed by atoms with Crippen molar-refractivity contribution < 1.29 is 9.59 Å². The molecule has 0 aromatic carbocycles. The van der Waals surface area contributed by atoms with Gasteiger partial charge < -0.3 is 19.1 Å². The molecule has 7 nitrogen and oxygen atoms in total. The van der Waals surface area contributed by atoms with Crippen molar-refractivity contribution >= 4 is 17.5 Å². The lowest BCUT2D eigenvalue weighted by molar-refractivity contribution is 0.0679. The average Bonchev–Trinajstić information content (AvgIpc) is 3.31. The second kappa shape index (κ2) is 7.45. The number of carbonyl (C=O) groups is 2. The molecule has 2 fully saturated rings. The average molecular weight is 383 g/mol. The first-order valence-corrected chi connectivity index (χ1v) is 10.2. The fourth-order valence-electron chi connectivity index (χ4n) is 4.50. The van der Waals surface area contributed by atoms with Crippen molar-refractivity contribution in [1.29, 1.82) is 0 Å². The van der Waals surface area contributed by atoms with Gasteiger partial charge in [-0.05, 0) is 43.7 Å². The van der Waals surface area contributed by atoms with E-state index in [1.54, 1.807) is 19.0 Å². The minimum atomic E-state index is -0.105. The number of imidazole rings is 1. The Morgan fingerprint density at radius 2 is 1.93 bits per heavy atom. The standard InChI is InChI=1S/C21H29N5O2/c1-15-8-6-11-24(14-15)20(27)18-16-9-4-5-12-25(16)19(22-18)17-10-7-13-26(17)21(28)23(2)3/h4-5,9,12,15,17H,6-8,10-11,13-14H2,1-3H3/t15-,17-/m1/s1. The molecule has 3 amide bonds. The van der Waals surface area contributed by atoms with E-state index in [0.29, 0.717) is 11.6 Å². The summed E-state index contributed by atoms with van der Waals surface area (Å²) in [5.41, 5.74) is 1.33. The molecule has 0 unspecified atom stereocenters. The number of pyridine rings is 1. The van der Waals surface area contributed by atoms with Gasteiger partial charge in [0.05, 0.1) is 11.6 Å². The molecular formula is C21H29N5O2. The summed E-state index contributed by atoms with van der Waals surface area (Å²) < 4.78 is 1.99. The van der Waals surface area contributed by atoms with Gasteiger partial charge in [0.1, 0.15) is 5.82 Å². The number of fused-ring (bicyclic) bond motifs is 1. The topological polar surface area (TPSA) is 61.2 Å². The minimum Gasteiger partial charge on any atom is -0.337 e. The van der Waals surface area contributed by atoms with E-state index in [-0.39, 0.29) is 18.0 Å². The fraction of sp³-hybridized carbons (Fsp3) is 0.571. The molecular weight excluding hydrogens is 354 g/mol. The summed E-state index contributed by atoms with van der Waals surface area (Å²) in [4.78, 5) is 36.1. The lowest BCUT2D eigenvalue weighted by atomic mass is 10.00. The van der Waals surface area contributed by atoms with Crippen molar-refractivity contribution in [2.75, 3.05) is 33.7 Å². The van der Waals surface area contributed by atoms with Gasteiger partial charge in [-0.3, -0.25) is 4.79 Å². The van der Waals surface area contributed by atoms with Crippen LogP contribution in [0.3, 0.4) is 0 Å². The van der Waals surface area contributed by atoms with E-state index >= 15 is 0 Å². The van der Waals surface area contributed by atoms with Crippen LogP contribution in [0.25, 0.3) is 5.52 Å². The maximum absolute atomic E-state index is 13.3. The first kappa shape index (κ1) is 18.8. The molecule has 4 heterocycles. The quantitative estimate of drug-likeness (QED) is 0.801. The number of urea groups is 1. The van der Waals surface area contributed by atoms with Crippen molar-refractivity contribution in [1.82, 2.24) is 24.1 Å². The zero-order valence-electron chi connectivity index (χ0n) is 17.0. The smallest absolute Gasteiger partial charge is 0.320 e. The third kappa shape index (κ3) is 3.23. The molecule has 4 rings (SSSR count). The Balaban J connectivity index is 1.73. The first-order valence-electron chi connectivity index (χ1n) is 10.2. The van der Waals surface area contributed by atoms with Crippen LogP contribution in [-0.4, -0.2) is 69.8 Å². The van der Waals surface area contributed by atoms with Crippen LogP contribution in [0, 0.1) is 5.92 Å². The maximum atomic E-state index is 13.3. The normalized spacial score (nSPS) is 22.7. The number of aromatic nitrogens is 2. The highest BCUT2D eigenvalue weighted by Crippen LogP contribution is 2.33. The van der Waals surface area contributed by atoms with Gasteiger partial charge in [-0.2, -0.15) is 0 Å². The molecule has 2 aliphatic rings. The Hall–Kier alpha value is -2.57. The van der Waals surface area contributed by atoms with Gasteiger partial charge >= 0.3 is 6.03 Å². The SMILES string of the molecule is C[C@@H]1CCCN(C(=O)c2nc([C@H]3CCCN3C(=O)N(C)C)n3ccccc23)C1. The van der Waals surface area contributed by atoms with Gasteiger partial charge in [-0.25, -0.2) is 9.78 Å². The Kier molecular flexibility index (Phi) is 5.00. The summed E-state index contributed by atoms with van der Waals surface area (Å²) in [5, 5.41) is 0. The second-order valence-corrected chi connectivity index (χ2v) is 8.30. The van der Waals surface area contributed by atoms with E-state index in [4.69, 9.17) is 4.98 Å². The van der Waals surface area contributed by atoms with Crippen molar-refractivity contribution in [3.8, 4) is 0 Å². The van der Waals surface area contributed by atoms with Crippen LogP contribution in [0.1, 0.15) is 55.0 Å². The molecule has 2 aromatic rings. The highest BCUT2D eigenvalue weighted by molar-refractivity contribution is 5.99. The zero-order valence-corrected chi connectivity index (χ0v) is 17.0. The Morgan fingerprint density at radius 1 is 1.14 bits per heavy atom. The van der Waals surface area contributed by atoms with Crippen LogP contribution < -0.4 is 0 Å². The van der Waals surface area contributed by atoms with Gasteiger partial charge in [0.15, 0.2) is 5.69 Å². The van der Waals surface area contributed by atoms with Crippen LogP contribution in [0.4, 0.5) is 4.79 Å². The molecule has 0 aliphatic carbocycles. The molecule has 0 spiro atoms. The van der Waals surface area contributed by atoms with Gasteiger partial charge in [-0.1, -0.05) is 13.0 Å². The Labute approximate surface area is 165 Å². The van der Waals surface area contributed by atoms with Crippen LogP contribution in [0.15, 0.2) is 24.4 Å². The van der Waals surface area contributed by atoms with Crippen LogP contribution in [-0.2, 0) is 0 Å². The molecule has 150 valence electrons. The molecule has 7 heteroatoms. The number of piperidine rings is 1. The fourth-order valence-corrected chi connectivity index (χ4v) is 4.50. The molecule has 2 saturated heterocycles. The number of nitrogens with zero attached hydrogens (tertiary/aromatic N) is 5. The predicted octanol–water partition coefficient (Wildman–Crippen LogP) is 3.02. The highest BCUT2D eigenvalue weighted by Gasteiger charge is 2.35. The number of carbonyl (C=O) groups excluding carboxylic acids is 2. The second-order valence-electron chi connectivity index (χ2n) is 8.30. The zero-order chi connectivity index (χ0) is 19.8. The Morgan fingerprint density at radius 3 is 2.68 bits per heavy atom. The summed E-state index contributed by atoms with van der Waals surface area (Å²) in [5.74, 6) is 1.32. The largest absolute Gasteiger partial charge is 0.337 e. The maximum Gasteiger partial charge on any atom is 0.320 e. The van der Waals surface area contributed by atoms with Crippen LogP contribution >= 0.6 is 0 Å². The van der Waals surface area contributed by atoms with E-state index in [0.717, 1.165) is 50.2 Å². The van der Waals surface area contributed by atoms with Crippen molar-refractivity contribution in [3.63, 3.8) is 0 Å². The van der Waals surface area contributed by atoms with E-state index in [1.807, 2.05) is 38.6 Å². The Bertz CT molecular complexity index is 890. The van der Waals surface area contributed by atoms with E-state index in [2.05, 4.69) is 6.92 Å². The van der Waals surface area contributed by atoms with Crippen molar-refractivity contribution in [2.45, 2.75) is 38.6 Å². The summed E-state index contributed by atoms with van der Waals surface area (Å²) in [6.07, 6.45) is 5.97. The highest BCUT2D eigenvalue weighted by atomic mass is 16.2. The number of hydrogen-bond acceptors (Lipinski definition) is 3. The summed E-state index contributed by atoms with van der Waals surface area (Å²) in [6.45, 7) is 4.49. The molecule has 0 saturated carbocycles. The lowest BCUT2D eigenvalue weighted by Gasteiger charge is -2.30. The molecule has 2 aliphatic heterocycles. The monoisotopic (exact) mass is 383 g/mol. The third-order valence-electron chi connectivity index (χ3n) is 5.90. The molecule has 0 N–H and O–H groups in total. The summed E-state index contributed by atoms with van der Waals surface area (Å²) in [7, 11) is 3.54. The van der Waals surface area contributed by atoms with E-state index in [1.165, 1.54) is 6.42 Å². The lowest BCUT2D eigenvalue weighted by Crippen LogP contribution is -2.39. The van der Waals surface area contributed by atoms with Gasteiger partial charge in [-0.15, -0.1) is 0 Å². The van der Waals surface area contributed by atoms with Crippen molar-refractivity contribution in [2.24, 2.45) is 5.92 Å². The van der Waals surface area contributed by atoms with Crippen molar-refractivity contribution in [3.05, 3.63) is 35.9 Å². The van der Waals surface area contributed by atoms with Crippen LogP contribution in [0.5, 0.6) is 0 Å². The van der Waals surface area contributed by atoms with E-state index < -0.39 is 0 Å². The predicted molar refractivity (Wildman–Crippen MR) is 107 cm³/mol. The summed E-state index contributed by atoms with van der Waals surface area (Å²) >= 11 is 0. The summed E-state index contributed by atoms with van der Waals surface area (Å²) in [6, 6.07) is 5.72. The number of rotatable bonds is 2. The van der Waals surface area contributed by atoms with Gasteiger partial charge in [0.25, 0.3) is 5.91 Å². The molecule has 2 atom stereocenters. The number of amides is 3. The first-order chi connectivity index (χ1) is 13.5. The molecule has 2 aromatic heterocycles. The van der Waals surface area contributed by atoms with Gasteiger partial charge in [0, 0.05) is 39.9 Å². The minimum absolute atomic E-state index is 0.00461. The molecule has 0 radical (unpaired) electrons. The number of hydrogen-bond donors (Lipinski definition) is 0. The molecule has 28 heavy (non-hydrogen) atoms. The third-order valence-corrected chi connectivity index (χ3v) is 5.90.